The highest BCUT2D eigenvalue weighted by molar-refractivity contribution is 6.30. The Labute approximate surface area is 142 Å². The van der Waals surface area contributed by atoms with Crippen LogP contribution in [-0.4, -0.2) is 12.5 Å². The Morgan fingerprint density at radius 2 is 2.00 bits per heavy atom. The fourth-order valence-corrected chi connectivity index (χ4v) is 2.50. The summed E-state index contributed by atoms with van der Waals surface area (Å²) in [7, 11) is 0. The lowest BCUT2D eigenvalue weighted by Gasteiger charge is -2.14. The first kappa shape index (κ1) is 17.4. The third-order valence-electron chi connectivity index (χ3n) is 3.53. The van der Waals surface area contributed by atoms with Crippen LogP contribution < -0.4 is 10.1 Å². The lowest BCUT2D eigenvalue weighted by Crippen LogP contribution is -2.26. The molecule has 0 spiro atoms. The zero-order chi connectivity index (χ0) is 16.7. The first-order chi connectivity index (χ1) is 11.0. The second-order valence-electron chi connectivity index (χ2n) is 5.61. The molecule has 0 aromatic heterocycles. The SMILES string of the molecule is Cc1cccc(OCCCC(=O)NC(C)c2cccc(Cl)c2)c1. The molecule has 0 aliphatic rings. The number of nitrogens with one attached hydrogen (secondary N) is 1. The molecule has 1 amide bonds. The number of rotatable bonds is 7. The molecule has 23 heavy (non-hydrogen) atoms. The Hall–Kier alpha value is -2.00. The van der Waals surface area contributed by atoms with Gasteiger partial charge in [0.25, 0.3) is 0 Å². The van der Waals surface area contributed by atoms with E-state index in [2.05, 4.69) is 5.32 Å². The summed E-state index contributed by atoms with van der Waals surface area (Å²) in [5.74, 6) is 0.864. The quantitative estimate of drug-likeness (QED) is 0.748. The van der Waals surface area contributed by atoms with Crippen LogP contribution in [0.5, 0.6) is 5.75 Å². The number of benzene rings is 2. The van der Waals surface area contributed by atoms with Crippen molar-refractivity contribution in [2.24, 2.45) is 0 Å². The molecule has 2 rings (SSSR count). The summed E-state index contributed by atoms with van der Waals surface area (Å²) in [5, 5.41) is 3.65. The highest BCUT2D eigenvalue weighted by atomic mass is 35.5. The highest BCUT2D eigenvalue weighted by Gasteiger charge is 2.09. The number of ether oxygens (including phenoxy) is 1. The van der Waals surface area contributed by atoms with Gasteiger partial charge in [0.2, 0.25) is 5.91 Å². The van der Waals surface area contributed by atoms with E-state index in [0.717, 1.165) is 16.9 Å². The van der Waals surface area contributed by atoms with Crippen molar-refractivity contribution in [2.45, 2.75) is 32.7 Å². The van der Waals surface area contributed by atoms with E-state index >= 15 is 0 Å². The van der Waals surface area contributed by atoms with Gasteiger partial charge in [-0.2, -0.15) is 0 Å². The minimum absolute atomic E-state index is 0.0188. The molecule has 0 aliphatic carbocycles. The second kappa shape index (κ2) is 8.59. The van der Waals surface area contributed by atoms with Crippen molar-refractivity contribution >= 4 is 17.5 Å². The minimum Gasteiger partial charge on any atom is -0.494 e. The van der Waals surface area contributed by atoms with Crippen LogP contribution in [0.25, 0.3) is 0 Å². The summed E-state index contributed by atoms with van der Waals surface area (Å²) in [6, 6.07) is 15.4. The van der Waals surface area contributed by atoms with Crippen molar-refractivity contribution in [3.05, 3.63) is 64.7 Å². The summed E-state index contributed by atoms with van der Waals surface area (Å²) in [5.41, 5.74) is 2.16. The maximum atomic E-state index is 12.0. The maximum Gasteiger partial charge on any atom is 0.220 e. The molecule has 0 saturated carbocycles. The van der Waals surface area contributed by atoms with Gasteiger partial charge in [0.15, 0.2) is 0 Å². The van der Waals surface area contributed by atoms with Gasteiger partial charge in [0.05, 0.1) is 12.6 Å². The molecular weight excluding hydrogens is 310 g/mol. The topological polar surface area (TPSA) is 38.3 Å². The predicted molar refractivity (Wildman–Crippen MR) is 93.9 cm³/mol. The molecule has 4 heteroatoms. The van der Waals surface area contributed by atoms with E-state index in [1.807, 2.05) is 62.4 Å². The lowest BCUT2D eigenvalue weighted by atomic mass is 10.1. The summed E-state index contributed by atoms with van der Waals surface area (Å²) in [4.78, 5) is 12.0. The van der Waals surface area contributed by atoms with Gasteiger partial charge in [-0.05, 0) is 55.7 Å². The third-order valence-corrected chi connectivity index (χ3v) is 3.77. The van der Waals surface area contributed by atoms with Gasteiger partial charge in [-0.1, -0.05) is 35.9 Å². The van der Waals surface area contributed by atoms with E-state index in [0.29, 0.717) is 24.5 Å². The van der Waals surface area contributed by atoms with Gasteiger partial charge in [-0.3, -0.25) is 4.79 Å². The van der Waals surface area contributed by atoms with Gasteiger partial charge in [-0.15, -0.1) is 0 Å². The molecule has 1 unspecified atom stereocenters. The first-order valence-electron chi connectivity index (χ1n) is 7.79. The average Bonchev–Trinajstić information content (AvgIpc) is 2.51. The number of hydrogen-bond acceptors (Lipinski definition) is 2. The van der Waals surface area contributed by atoms with E-state index in [1.54, 1.807) is 0 Å². The third kappa shape index (κ3) is 5.95. The van der Waals surface area contributed by atoms with Crippen molar-refractivity contribution in [3.63, 3.8) is 0 Å². The number of amides is 1. The molecule has 2 aromatic carbocycles. The Kier molecular flexibility index (Phi) is 6.48. The summed E-state index contributed by atoms with van der Waals surface area (Å²) in [6.07, 6.45) is 1.12. The molecule has 1 atom stereocenters. The second-order valence-corrected chi connectivity index (χ2v) is 6.05. The van der Waals surface area contributed by atoms with Crippen molar-refractivity contribution in [1.29, 1.82) is 0 Å². The van der Waals surface area contributed by atoms with E-state index < -0.39 is 0 Å². The molecule has 0 fully saturated rings. The number of carbonyl (C=O) groups excluding carboxylic acids is 1. The Bertz CT molecular complexity index is 657. The van der Waals surface area contributed by atoms with Crippen LogP contribution in [0.4, 0.5) is 0 Å². The normalized spacial score (nSPS) is 11.8. The summed E-state index contributed by atoms with van der Waals surface area (Å²) >= 11 is 5.97. The number of hydrogen-bond donors (Lipinski definition) is 1. The van der Waals surface area contributed by atoms with Crippen LogP contribution in [0, 0.1) is 6.92 Å². The molecule has 0 radical (unpaired) electrons. The number of aryl methyl sites for hydroxylation is 1. The fraction of sp³-hybridized carbons (Fsp3) is 0.316. The molecule has 3 nitrogen and oxygen atoms in total. The molecule has 0 aliphatic heterocycles. The summed E-state index contributed by atoms with van der Waals surface area (Å²) in [6.45, 7) is 4.51. The molecule has 2 aromatic rings. The van der Waals surface area contributed by atoms with E-state index in [4.69, 9.17) is 16.3 Å². The van der Waals surface area contributed by atoms with Gasteiger partial charge in [-0.25, -0.2) is 0 Å². The Morgan fingerprint density at radius 3 is 2.74 bits per heavy atom. The molecule has 0 saturated heterocycles. The van der Waals surface area contributed by atoms with Crippen LogP contribution in [0.2, 0.25) is 5.02 Å². The van der Waals surface area contributed by atoms with Crippen molar-refractivity contribution in [1.82, 2.24) is 5.32 Å². The minimum atomic E-state index is -0.0566. The van der Waals surface area contributed by atoms with Crippen molar-refractivity contribution in [3.8, 4) is 5.75 Å². The number of halogens is 1. The lowest BCUT2D eigenvalue weighted by molar-refractivity contribution is -0.121. The van der Waals surface area contributed by atoms with Gasteiger partial charge < -0.3 is 10.1 Å². The van der Waals surface area contributed by atoms with Gasteiger partial charge in [0.1, 0.15) is 5.75 Å². The average molecular weight is 332 g/mol. The Balaban J connectivity index is 1.70. The summed E-state index contributed by atoms with van der Waals surface area (Å²) < 4.78 is 5.65. The molecular formula is C19H22ClNO2. The van der Waals surface area contributed by atoms with Crippen molar-refractivity contribution in [2.75, 3.05) is 6.61 Å². The van der Waals surface area contributed by atoms with E-state index in [1.165, 1.54) is 0 Å². The van der Waals surface area contributed by atoms with E-state index in [9.17, 15) is 4.79 Å². The standard InChI is InChI=1S/C19H22ClNO2/c1-14-6-3-9-18(12-14)23-11-5-10-19(22)21-15(2)16-7-4-8-17(20)13-16/h3-4,6-9,12-13,15H,5,10-11H2,1-2H3,(H,21,22). The smallest absolute Gasteiger partial charge is 0.220 e. The molecule has 122 valence electrons. The zero-order valence-electron chi connectivity index (χ0n) is 13.5. The Morgan fingerprint density at radius 1 is 1.22 bits per heavy atom. The predicted octanol–water partition coefficient (Wildman–Crippen LogP) is 4.68. The highest BCUT2D eigenvalue weighted by Crippen LogP contribution is 2.17. The van der Waals surface area contributed by atoms with Crippen LogP contribution in [0.3, 0.4) is 0 Å². The van der Waals surface area contributed by atoms with E-state index in [-0.39, 0.29) is 11.9 Å². The molecule has 0 heterocycles. The van der Waals surface area contributed by atoms with Crippen molar-refractivity contribution < 1.29 is 9.53 Å². The molecule has 0 bridgehead atoms. The van der Waals surface area contributed by atoms with Crippen LogP contribution in [0.1, 0.15) is 36.9 Å². The zero-order valence-corrected chi connectivity index (χ0v) is 14.3. The van der Waals surface area contributed by atoms with Crippen LogP contribution in [0.15, 0.2) is 48.5 Å². The monoisotopic (exact) mass is 331 g/mol. The largest absolute Gasteiger partial charge is 0.494 e. The van der Waals surface area contributed by atoms with Crippen LogP contribution in [-0.2, 0) is 4.79 Å². The fourth-order valence-electron chi connectivity index (χ4n) is 2.30. The maximum absolute atomic E-state index is 12.0. The molecule has 1 N–H and O–H groups in total. The first-order valence-corrected chi connectivity index (χ1v) is 8.16. The van der Waals surface area contributed by atoms with Gasteiger partial charge in [0, 0.05) is 11.4 Å². The van der Waals surface area contributed by atoms with Crippen LogP contribution >= 0.6 is 11.6 Å². The van der Waals surface area contributed by atoms with Gasteiger partial charge >= 0.3 is 0 Å². The number of carbonyl (C=O) groups is 1.